The number of unbranched alkanes of at least 4 members (excludes halogenated alkanes) is 1. The Hall–Kier alpha value is -1.60. The first-order valence-corrected chi connectivity index (χ1v) is 7.77. The van der Waals surface area contributed by atoms with Crippen molar-refractivity contribution in [2.75, 3.05) is 0 Å². The summed E-state index contributed by atoms with van der Waals surface area (Å²) in [4.78, 5) is 0. The third-order valence-electron chi connectivity index (χ3n) is 4.27. The lowest BCUT2D eigenvalue weighted by atomic mass is 9.85. The molecule has 0 aromatic heterocycles. The first kappa shape index (κ1) is 13.4. The lowest BCUT2D eigenvalue weighted by molar-refractivity contribution is 0.405. The van der Waals surface area contributed by atoms with Crippen LogP contribution < -0.4 is 5.32 Å². The van der Waals surface area contributed by atoms with Crippen LogP contribution in [0.4, 0.5) is 0 Å². The molecule has 1 heterocycles. The van der Waals surface area contributed by atoms with Crippen molar-refractivity contribution in [2.24, 2.45) is 0 Å². The zero-order chi connectivity index (χ0) is 13.8. The van der Waals surface area contributed by atoms with Crippen LogP contribution in [0.5, 0.6) is 0 Å². The zero-order valence-corrected chi connectivity index (χ0v) is 12.2. The second kappa shape index (κ2) is 6.23. The maximum absolute atomic E-state index is 3.86. The average molecular weight is 265 g/mol. The highest BCUT2D eigenvalue weighted by Crippen LogP contribution is 2.31. The summed E-state index contributed by atoms with van der Waals surface area (Å²) < 4.78 is 0. The van der Waals surface area contributed by atoms with Crippen LogP contribution in [0.1, 0.15) is 48.9 Å². The van der Waals surface area contributed by atoms with Gasteiger partial charge in [-0.25, -0.2) is 0 Å². The molecule has 0 radical (unpaired) electrons. The summed E-state index contributed by atoms with van der Waals surface area (Å²) in [5.74, 6) is 0. The van der Waals surface area contributed by atoms with E-state index < -0.39 is 0 Å². The Morgan fingerprint density at radius 1 is 1.00 bits per heavy atom. The van der Waals surface area contributed by atoms with E-state index in [1.165, 1.54) is 42.4 Å². The fraction of sp³-hybridized carbons (Fsp3) is 0.368. The number of hydrogen-bond donors (Lipinski definition) is 1. The van der Waals surface area contributed by atoms with Gasteiger partial charge in [0.2, 0.25) is 0 Å². The van der Waals surface area contributed by atoms with Crippen LogP contribution in [-0.4, -0.2) is 6.04 Å². The first-order chi connectivity index (χ1) is 9.88. The third-order valence-corrected chi connectivity index (χ3v) is 4.27. The molecule has 104 valence electrons. The predicted molar refractivity (Wildman–Crippen MR) is 84.9 cm³/mol. The van der Waals surface area contributed by atoms with Gasteiger partial charge in [-0.15, -0.1) is 0 Å². The topological polar surface area (TPSA) is 12.0 Å². The highest BCUT2D eigenvalue weighted by molar-refractivity contribution is 5.40. The summed E-state index contributed by atoms with van der Waals surface area (Å²) in [6.45, 7) is 2.27. The molecule has 0 fully saturated rings. The predicted octanol–water partition coefficient (Wildman–Crippen LogP) is 4.48. The minimum atomic E-state index is 0.350. The molecule has 3 rings (SSSR count). The van der Waals surface area contributed by atoms with E-state index in [4.69, 9.17) is 0 Å². The summed E-state index contributed by atoms with van der Waals surface area (Å²) in [5.41, 5.74) is 4.34. The van der Waals surface area contributed by atoms with E-state index in [1.54, 1.807) is 0 Å². The van der Waals surface area contributed by atoms with Crippen LogP contribution in [0.3, 0.4) is 0 Å². The number of rotatable bonds is 4. The van der Waals surface area contributed by atoms with Crippen LogP contribution in [0.2, 0.25) is 0 Å². The molecule has 1 N–H and O–H groups in total. The van der Waals surface area contributed by atoms with Gasteiger partial charge in [-0.3, -0.25) is 0 Å². The van der Waals surface area contributed by atoms with Gasteiger partial charge in [0.25, 0.3) is 0 Å². The Kier molecular flexibility index (Phi) is 4.17. The van der Waals surface area contributed by atoms with Gasteiger partial charge in [0.05, 0.1) is 6.04 Å². The van der Waals surface area contributed by atoms with Gasteiger partial charge in [0.1, 0.15) is 0 Å². The minimum Gasteiger partial charge on any atom is -0.303 e. The van der Waals surface area contributed by atoms with Crippen LogP contribution in [0.15, 0.2) is 54.6 Å². The monoisotopic (exact) mass is 265 g/mol. The first-order valence-electron chi connectivity index (χ1n) is 7.77. The summed E-state index contributed by atoms with van der Waals surface area (Å²) in [7, 11) is 0. The van der Waals surface area contributed by atoms with Crippen molar-refractivity contribution in [3.05, 3.63) is 71.3 Å². The van der Waals surface area contributed by atoms with Gasteiger partial charge in [-0.1, -0.05) is 74.4 Å². The Bertz CT molecular complexity index is 547. The molecular weight excluding hydrogens is 242 g/mol. The normalized spacial score (nSPS) is 21.4. The van der Waals surface area contributed by atoms with E-state index >= 15 is 0 Å². The fourth-order valence-electron chi connectivity index (χ4n) is 3.21. The van der Waals surface area contributed by atoms with E-state index in [0.29, 0.717) is 12.1 Å². The van der Waals surface area contributed by atoms with Crippen molar-refractivity contribution in [3.63, 3.8) is 0 Å². The minimum absolute atomic E-state index is 0.350. The van der Waals surface area contributed by atoms with Crippen LogP contribution in [0, 0.1) is 0 Å². The smallest absolute Gasteiger partial charge is 0.0581 e. The number of hydrogen-bond acceptors (Lipinski definition) is 1. The quantitative estimate of drug-likeness (QED) is 0.859. The van der Waals surface area contributed by atoms with E-state index in [-0.39, 0.29) is 0 Å². The molecule has 0 aliphatic carbocycles. The molecule has 2 aromatic carbocycles. The third kappa shape index (κ3) is 2.78. The van der Waals surface area contributed by atoms with Crippen molar-refractivity contribution in [2.45, 2.75) is 44.7 Å². The molecule has 0 unspecified atom stereocenters. The summed E-state index contributed by atoms with van der Waals surface area (Å²) in [6, 6.07) is 20.7. The number of nitrogens with one attached hydrogen (secondary N) is 1. The van der Waals surface area contributed by atoms with E-state index in [9.17, 15) is 0 Å². The highest BCUT2D eigenvalue weighted by atomic mass is 15.0. The Morgan fingerprint density at radius 2 is 1.75 bits per heavy atom. The molecule has 0 spiro atoms. The molecule has 1 aliphatic rings. The standard InChI is InChI=1S/C19H23N/c1-2-3-12-17-14-16-11-7-8-13-18(16)19(20-17)15-9-5-4-6-10-15/h4-11,13,17,19-20H,2-3,12,14H2,1H3/t17-,19-/m1/s1. The van der Waals surface area contributed by atoms with Gasteiger partial charge >= 0.3 is 0 Å². The molecule has 20 heavy (non-hydrogen) atoms. The second-order valence-electron chi connectivity index (χ2n) is 5.75. The number of fused-ring (bicyclic) bond motifs is 1. The largest absolute Gasteiger partial charge is 0.303 e. The van der Waals surface area contributed by atoms with Crippen LogP contribution in [-0.2, 0) is 6.42 Å². The van der Waals surface area contributed by atoms with Crippen LogP contribution in [0.25, 0.3) is 0 Å². The maximum Gasteiger partial charge on any atom is 0.0581 e. The van der Waals surface area contributed by atoms with Gasteiger partial charge in [0.15, 0.2) is 0 Å². The van der Waals surface area contributed by atoms with Gasteiger partial charge in [-0.05, 0) is 29.5 Å². The number of benzene rings is 2. The Morgan fingerprint density at radius 3 is 2.55 bits per heavy atom. The molecule has 1 heteroatoms. The maximum atomic E-state index is 3.86. The van der Waals surface area contributed by atoms with Crippen molar-refractivity contribution >= 4 is 0 Å². The SMILES string of the molecule is CCCC[C@@H]1Cc2ccccc2[C@@H](c2ccccc2)N1. The lowest BCUT2D eigenvalue weighted by Crippen LogP contribution is -2.39. The average Bonchev–Trinajstić information content (AvgIpc) is 2.53. The summed E-state index contributed by atoms with van der Waals surface area (Å²) >= 11 is 0. The van der Waals surface area contributed by atoms with Crippen molar-refractivity contribution < 1.29 is 0 Å². The van der Waals surface area contributed by atoms with E-state index in [1.807, 2.05) is 0 Å². The van der Waals surface area contributed by atoms with E-state index in [0.717, 1.165) is 0 Å². The second-order valence-corrected chi connectivity index (χ2v) is 5.75. The highest BCUT2D eigenvalue weighted by Gasteiger charge is 2.26. The van der Waals surface area contributed by atoms with Gasteiger partial charge in [-0.2, -0.15) is 0 Å². The molecule has 1 nitrogen and oxygen atoms in total. The molecule has 1 aliphatic heterocycles. The van der Waals surface area contributed by atoms with Gasteiger partial charge < -0.3 is 5.32 Å². The molecule has 0 saturated carbocycles. The Labute approximate surface area is 122 Å². The zero-order valence-electron chi connectivity index (χ0n) is 12.2. The van der Waals surface area contributed by atoms with E-state index in [2.05, 4.69) is 66.8 Å². The summed E-state index contributed by atoms with van der Waals surface area (Å²) in [5, 5.41) is 3.86. The summed E-state index contributed by atoms with van der Waals surface area (Å²) in [6.07, 6.45) is 5.02. The fourth-order valence-corrected chi connectivity index (χ4v) is 3.21. The molecule has 2 atom stereocenters. The van der Waals surface area contributed by atoms with Crippen LogP contribution >= 0.6 is 0 Å². The Balaban J connectivity index is 1.91. The molecule has 0 bridgehead atoms. The van der Waals surface area contributed by atoms with Crippen molar-refractivity contribution in [3.8, 4) is 0 Å². The van der Waals surface area contributed by atoms with Crippen molar-refractivity contribution in [1.82, 2.24) is 5.32 Å². The molecule has 0 amide bonds. The van der Waals surface area contributed by atoms with Gasteiger partial charge in [0, 0.05) is 6.04 Å². The van der Waals surface area contributed by atoms with Crippen molar-refractivity contribution in [1.29, 1.82) is 0 Å². The molecular formula is C19H23N. The lowest BCUT2D eigenvalue weighted by Gasteiger charge is -2.33. The molecule has 0 saturated heterocycles. The molecule has 2 aromatic rings.